The number of nitrogens with one attached hydrogen (secondary N) is 1. The molecule has 0 atom stereocenters. The van der Waals surface area contributed by atoms with E-state index in [0.717, 1.165) is 11.4 Å². The second kappa shape index (κ2) is 4.23. The van der Waals surface area contributed by atoms with Crippen LogP contribution in [0.5, 0.6) is 0 Å². The third-order valence-corrected chi connectivity index (χ3v) is 2.50. The molecule has 1 aromatic carbocycles. The highest BCUT2D eigenvalue weighted by molar-refractivity contribution is 7.71. The van der Waals surface area contributed by atoms with E-state index in [4.69, 9.17) is 12.2 Å². The summed E-state index contributed by atoms with van der Waals surface area (Å²) in [5.41, 5.74) is 1.14. The van der Waals surface area contributed by atoms with Crippen LogP contribution >= 0.6 is 12.2 Å². The molecule has 0 spiro atoms. The molecule has 0 aliphatic carbocycles. The number of nitrogens with zero attached hydrogens (tertiary/aromatic N) is 2. The summed E-state index contributed by atoms with van der Waals surface area (Å²) in [5.74, 6) is 0.823. The first kappa shape index (κ1) is 9.86. The predicted octanol–water partition coefficient (Wildman–Crippen LogP) is 2.65. The maximum Gasteiger partial charge on any atom is 0.195 e. The molecule has 0 unspecified atom stereocenters. The average molecular weight is 217 g/mol. The molecule has 0 saturated heterocycles. The smallest absolute Gasteiger partial charge is 0.195 e. The quantitative estimate of drug-likeness (QED) is 0.785. The van der Waals surface area contributed by atoms with Crippen LogP contribution < -0.4 is 0 Å². The van der Waals surface area contributed by atoms with E-state index in [0.29, 0.717) is 4.77 Å². The summed E-state index contributed by atoms with van der Waals surface area (Å²) in [6, 6.07) is 10.1. The number of hydrogen-bond acceptors (Lipinski definition) is 2. The molecule has 0 saturated carbocycles. The van der Waals surface area contributed by atoms with Crippen molar-refractivity contribution >= 4 is 24.4 Å². The Kier molecular flexibility index (Phi) is 2.78. The number of rotatable bonds is 2. The zero-order chi connectivity index (χ0) is 10.7. The van der Waals surface area contributed by atoms with Crippen LogP contribution in [-0.2, 0) is 7.05 Å². The standard InChI is InChI=1S/C11H11N3S/c1-14-10(12-13-11(14)15)8-7-9-5-3-2-4-6-9/h2-8H,1H3,(H,13,15). The minimum Gasteiger partial charge on any atom is -0.304 e. The highest BCUT2D eigenvalue weighted by Crippen LogP contribution is 2.05. The van der Waals surface area contributed by atoms with Crippen LogP contribution in [0.1, 0.15) is 11.4 Å². The zero-order valence-electron chi connectivity index (χ0n) is 8.34. The van der Waals surface area contributed by atoms with Gasteiger partial charge in [0.15, 0.2) is 10.6 Å². The molecular weight excluding hydrogens is 206 g/mol. The van der Waals surface area contributed by atoms with Gasteiger partial charge >= 0.3 is 0 Å². The first-order valence-corrected chi connectivity index (χ1v) is 5.03. The van der Waals surface area contributed by atoms with Crippen molar-refractivity contribution in [2.75, 3.05) is 0 Å². The van der Waals surface area contributed by atoms with Crippen molar-refractivity contribution in [2.45, 2.75) is 0 Å². The monoisotopic (exact) mass is 217 g/mol. The maximum absolute atomic E-state index is 5.02. The van der Waals surface area contributed by atoms with Gasteiger partial charge in [-0.15, -0.1) is 0 Å². The molecule has 2 rings (SSSR count). The van der Waals surface area contributed by atoms with Gasteiger partial charge in [0.05, 0.1) is 0 Å². The fraction of sp³-hybridized carbons (Fsp3) is 0.0909. The van der Waals surface area contributed by atoms with Crippen molar-refractivity contribution < 1.29 is 0 Å². The van der Waals surface area contributed by atoms with Crippen molar-refractivity contribution in [3.63, 3.8) is 0 Å². The van der Waals surface area contributed by atoms with Gasteiger partial charge in [0.25, 0.3) is 0 Å². The third kappa shape index (κ3) is 2.22. The van der Waals surface area contributed by atoms with Gasteiger partial charge in [-0.25, -0.2) is 0 Å². The average Bonchev–Trinajstić information content (AvgIpc) is 2.59. The van der Waals surface area contributed by atoms with Gasteiger partial charge in [0.1, 0.15) is 0 Å². The Labute approximate surface area is 93.1 Å². The van der Waals surface area contributed by atoms with Crippen LogP contribution in [0.3, 0.4) is 0 Å². The number of hydrogen-bond donors (Lipinski definition) is 1. The second-order valence-corrected chi connectivity index (χ2v) is 3.58. The van der Waals surface area contributed by atoms with Crippen molar-refractivity contribution in [3.05, 3.63) is 46.5 Å². The Morgan fingerprint density at radius 3 is 2.60 bits per heavy atom. The van der Waals surface area contributed by atoms with Crippen molar-refractivity contribution in [1.82, 2.24) is 14.8 Å². The van der Waals surface area contributed by atoms with Crippen molar-refractivity contribution in [3.8, 4) is 0 Å². The zero-order valence-corrected chi connectivity index (χ0v) is 9.16. The predicted molar refractivity (Wildman–Crippen MR) is 63.8 cm³/mol. The molecule has 15 heavy (non-hydrogen) atoms. The van der Waals surface area contributed by atoms with Crippen LogP contribution in [0.4, 0.5) is 0 Å². The molecule has 2 aromatic rings. The van der Waals surface area contributed by atoms with Crippen LogP contribution in [0, 0.1) is 4.77 Å². The van der Waals surface area contributed by atoms with E-state index in [-0.39, 0.29) is 0 Å². The van der Waals surface area contributed by atoms with E-state index in [2.05, 4.69) is 10.2 Å². The van der Waals surface area contributed by atoms with E-state index in [1.165, 1.54) is 0 Å². The Morgan fingerprint density at radius 1 is 1.27 bits per heavy atom. The molecule has 4 heteroatoms. The van der Waals surface area contributed by atoms with Gasteiger partial charge in [-0.3, -0.25) is 5.10 Å². The maximum atomic E-state index is 5.02. The second-order valence-electron chi connectivity index (χ2n) is 3.19. The molecule has 0 fully saturated rings. The lowest BCUT2D eigenvalue weighted by Crippen LogP contribution is -1.90. The van der Waals surface area contributed by atoms with E-state index in [1.54, 1.807) is 0 Å². The summed E-state index contributed by atoms with van der Waals surface area (Å²) in [7, 11) is 1.89. The number of aromatic amines is 1. The molecule has 1 N–H and O–H groups in total. The van der Waals surface area contributed by atoms with E-state index in [1.807, 2.05) is 54.1 Å². The van der Waals surface area contributed by atoms with Crippen LogP contribution in [0.15, 0.2) is 30.3 Å². The van der Waals surface area contributed by atoms with Gasteiger partial charge in [0, 0.05) is 7.05 Å². The van der Waals surface area contributed by atoms with E-state index in [9.17, 15) is 0 Å². The molecule has 0 bridgehead atoms. The Balaban J connectivity index is 2.26. The summed E-state index contributed by atoms with van der Waals surface area (Å²) in [5, 5.41) is 6.83. The lowest BCUT2D eigenvalue weighted by atomic mass is 10.2. The molecule has 0 aliphatic heterocycles. The van der Waals surface area contributed by atoms with Crippen molar-refractivity contribution in [1.29, 1.82) is 0 Å². The van der Waals surface area contributed by atoms with E-state index < -0.39 is 0 Å². The van der Waals surface area contributed by atoms with Crippen molar-refractivity contribution in [2.24, 2.45) is 7.05 Å². The number of H-pyrrole nitrogens is 1. The first-order chi connectivity index (χ1) is 7.27. The molecule has 0 aliphatic rings. The highest BCUT2D eigenvalue weighted by atomic mass is 32.1. The summed E-state index contributed by atoms with van der Waals surface area (Å²) < 4.78 is 2.46. The minimum atomic E-state index is 0.628. The van der Waals surface area contributed by atoms with Gasteiger partial charge in [0.2, 0.25) is 0 Å². The molecule has 1 aromatic heterocycles. The molecule has 0 radical (unpaired) electrons. The van der Waals surface area contributed by atoms with Crippen LogP contribution in [-0.4, -0.2) is 14.8 Å². The fourth-order valence-electron chi connectivity index (χ4n) is 1.24. The first-order valence-electron chi connectivity index (χ1n) is 4.62. The normalized spacial score (nSPS) is 11.0. The van der Waals surface area contributed by atoms with Gasteiger partial charge in [-0.05, 0) is 23.9 Å². The summed E-state index contributed by atoms with van der Waals surface area (Å²) >= 11 is 5.02. The Hall–Kier alpha value is -1.68. The lowest BCUT2D eigenvalue weighted by molar-refractivity contribution is 0.881. The minimum absolute atomic E-state index is 0.628. The summed E-state index contributed by atoms with van der Waals surface area (Å²) in [6.45, 7) is 0. The fourth-order valence-corrected chi connectivity index (χ4v) is 1.38. The highest BCUT2D eigenvalue weighted by Gasteiger charge is 1.95. The van der Waals surface area contributed by atoms with Gasteiger partial charge in [-0.2, -0.15) is 5.10 Å². The molecular formula is C11H11N3S. The third-order valence-electron chi connectivity index (χ3n) is 2.14. The summed E-state index contributed by atoms with van der Waals surface area (Å²) in [6.07, 6.45) is 3.94. The Morgan fingerprint density at radius 2 is 2.00 bits per heavy atom. The van der Waals surface area contributed by atoms with Gasteiger partial charge < -0.3 is 4.57 Å². The largest absolute Gasteiger partial charge is 0.304 e. The molecule has 3 nitrogen and oxygen atoms in total. The van der Waals surface area contributed by atoms with E-state index >= 15 is 0 Å². The van der Waals surface area contributed by atoms with Crippen LogP contribution in [0.2, 0.25) is 0 Å². The van der Waals surface area contributed by atoms with Crippen LogP contribution in [0.25, 0.3) is 12.2 Å². The molecule has 0 amide bonds. The SMILES string of the molecule is Cn1c(C=Cc2ccccc2)n[nH]c1=S. The lowest BCUT2D eigenvalue weighted by Gasteiger charge is -1.93. The Bertz CT molecular complexity index is 522. The molecule has 76 valence electrons. The summed E-state index contributed by atoms with van der Waals surface area (Å²) in [4.78, 5) is 0. The van der Waals surface area contributed by atoms with Gasteiger partial charge in [-0.1, -0.05) is 36.4 Å². The number of aromatic nitrogens is 3. The number of benzene rings is 1. The topological polar surface area (TPSA) is 33.6 Å². The molecule has 1 heterocycles.